The van der Waals surface area contributed by atoms with E-state index in [9.17, 15) is 9.59 Å². The largest absolute Gasteiger partial charge is 0.286 e. The fourth-order valence-corrected chi connectivity index (χ4v) is 5.11. The van der Waals surface area contributed by atoms with E-state index in [4.69, 9.17) is 0 Å². The molecule has 0 bridgehead atoms. The predicted octanol–water partition coefficient (Wildman–Crippen LogP) is 4.35. The summed E-state index contributed by atoms with van der Waals surface area (Å²) in [6.45, 7) is 8.18. The first kappa shape index (κ1) is 21.4. The fraction of sp³-hybridized carbons (Fsp3) is 0.417. The van der Waals surface area contributed by atoms with Crippen molar-refractivity contribution in [2.24, 2.45) is 5.10 Å². The Hall–Kier alpha value is -2.80. The number of thiophene rings is 1. The maximum absolute atomic E-state index is 13.1. The topological polar surface area (TPSA) is 76.3 Å². The van der Waals surface area contributed by atoms with Gasteiger partial charge in [0, 0.05) is 4.88 Å². The number of hydrogen-bond donors (Lipinski definition) is 1. The predicted molar refractivity (Wildman–Crippen MR) is 126 cm³/mol. The molecule has 2 aromatic heterocycles. The van der Waals surface area contributed by atoms with Gasteiger partial charge in [0.2, 0.25) is 0 Å². The number of carbonyl (C=O) groups excluding carboxylic acids is 1. The third-order valence-corrected chi connectivity index (χ3v) is 7.06. The quantitative estimate of drug-likeness (QED) is 0.488. The minimum atomic E-state index is -0.705. The Morgan fingerprint density at radius 2 is 1.94 bits per heavy atom. The molecular weight excluding hydrogens is 408 g/mol. The Morgan fingerprint density at radius 3 is 2.65 bits per heavy atom. The minimum Gasteiger partial charge on any atom is -0.286 e. The fourth-order valence-electron chi connectivity index (χ4n) is 3.89. The van der Waals surface area contributed by atoms with Crippen molar-refractivity contribution in [3.8, 4) is 0 Å². The van der Waals surface area contributed by atoms with Gasteiger partial charge in [0.25, 0.3) is 11.5 Å². The van der Waals surface area contributed by atoms with Crippen LogP contribution in [0.4, 0.5) is 0 Å². The molecule has 1 aliphatic rings. The second-order valence-corrected chi connectivity index (χ2v) is 10.2. The zero-order valence-corrected chi connectivity index (χ0v) is 19.3. The molecule has 4 rings (SSSR count). The van der Waals surface area contributed by atoms with Crippen molar-refractivity contribution in [1.82, 2.24) is 15.0 Å². The molecule has 0 aliphatic heterocycles. The molecule has 1 unspecified atom stereocenters. The second-order valence-electron chi connectivity index (χ2n) is 9.13. The van der Waals surface area contributed by atoms with E-state index in [-0.39, 0.29) is 16.9 Å². The Kier molecular flexibility index (Phi) is 5.79. The van der Waals surface area contributed by atoms with E-state index < -0.39 is 6.04 Å². The molecule has 0 spiro atoms. The molecule has 0 radical (unpaired) electrons. The van der Waals surface area contributed by atoms with Gasteiger partial charge < -0.3 is 0 Å². The summed E-state index contributed by atoms with van der Waals surface area (Å²) < 4.78 is 1.41. The molecule has 2 heterocycles. The maximum atomic E-state index is 13.1. The van der Waals surface area contributed by atoms with Crippen molar-refractivity contribution in [3.63, 3.8) is 0 Å². The molecule has 1 aromatic carbocycles. The lowest BCUT2D eigenvalue weighted by molar-refractivity contribution is -0.123. The number of hydrazone groups is 1. The van der Waals surface area contributed by atoms with Crippen LogP contribution in [0.5, 0.6) is 0 Å². The molecule has 0 saturated heterocycles. The molecule has 6 nitrogen and oxygen atoms in total. The maximum Gasteiger partial charge on any atom is 0.263 e. The summed E-state index contributed by atoms with van der Waals surface area (Å²) in [6.07, 6.45) is 7.26. The monoisotopic (exact) mass is 436 g/mol. The number of benzene rings is 1. The van der Waals surface area contributed by atoms with E-state index in [1.807, 2.05) is 12.1 Å². The number of aromatic nitrogens is 2. The Bertz CT molecular complexity index is 1200. The molecule has 1 N–H and O–H groups in total. The number of nitrogens with zero attached hydrogens (tertiary/aromatic N) is 3. The lowest BCUT2D eigenvalue weighted by Gasteiger charge is -2.18. The van der Waals surface area contributed by atoms with Crippen LogP contribution in [-0.4, -0.2) is 21.7 Å². The average molecular weight is 437 g/mol. The highest BCUT2D eigenvalue weighted by Crippen LogP contribution is 2.33. The van der Waals surface area contributed by atoms with Crippen molar-refractivity contribution in [1.29, 1.82) is 0 Å². The Morgan fingerprint density at radius 1 is 1.23 bits per heavy atom. The minimum absolute atomic E-state index is 0.0867. The van der Waals surface area contributed by atoms with Crippen LogP contribution in [0.2, 0.25) is 0 Å². The van der Waals surface area contributed by atoms with Gasteiger partial charge in [-0.2, -0.15) is 5.10 Å². The SMILES string of the molecule is CC(C(=O)NN=Cc1ccc(C(C)(C)C)cc1)n1cnc2sc3c(c2c1=O)CCCC3. The Balaban J connectivity index is 1.49. The number of hydrogen-bond acceptors (Lipinski definition) is 5. The summed E-state index contributed by atoms with van der Waals surface area (Å²) in [7, 11) is 0. The zero-order chi connectivity index (χ0) is 22.2. The third-order valence-electron chi connectivity index (χ3n) is 5.86. The van der Waals surface area contributed by atoms with Gasteiger partial charge >= 0.3 is 0 Å². The molecule has 3 aromatic rings. The van der Waals surface area contributed by atoms with Crippen LogP contribution in [-0.2, 0) is 23.1 Å². The number of nitrogens with one attached hydrogen (secondary N) is 1. The lowest BCUT2D eigenvalue weighted by Crippen LogP contribution is -2.34. The summed E-state index contributed by atoms with van der Waals surface area (Å²) in [5.41, 5.74) is 5.75. The summed E-state index contributed by atoms with van der Waals surface area (Å²) in [5.74, 6) is -0.352. The summed E-state index contributed by atoms with van der Waals surface area (Å²) >= 11 is 1.61. The Labute approximate surface area is 186 Å². The summed E-state index contributed by atoms with van der Waals surface area (Å²) in [4.78, 5) is 32.3. The van der Waals surface area contributed by atoms with Crippen molar-refractivity contribution in [3.05, 3.63) is 62.5 Å². The average Bonchev–Trinajstić information content (AvgIpc) is 3.12. The van der Waals surface area contributed by atoms with Crippen LogP contribution in [0.25, 0.3) is 10.2 Å². The number of aryl methyl sites for hydroxylation is 2. The number of amides is 1. The molecule has 162 valence electrons. The van der Waals surface area contributed by atoms with Gasteiger partial charge in [0.1, 0.15) is 10.9 Å². The summed E-state index contributed by atoms with van der Waals surface area (Å²) in [5, 5.41) is 4.76. The number of fused-ring (bicyclic) bond motifs is 3. The van der Waals surface area contributed by atoms with Crippen LogP contribution in [0.15, 0.2) is 40.5 Å². The van der Waals surface area contributed by atoms with Crippen LogP contribution < -0.4 is 11.0 Å². The van der Waals surface area contributed by atoms with Crippen molar-refractivity contribution < 1.29 is 4.79 Å². The van der Waals surface area contributed by atoms with Gasteiger partial charge in [-0.1, -0.05) is 45.0 Å². The normalized spacial score (nSPS) is 15.2. The highest BCUT2D eigenvalue weighted by molar-refractivity contribution is 7.18. The van der Waals surface area contributed by atoms with Crippen LogP contribution in [0.1, 0.15) is 68.1 Å². The number of rotatable bonds is 4. The van der Waals surface area contributed by atoms with Crippen molar-refractivity contribution in [2.75, 3.05) is 0 Å². The van der Waals surface area contributed by atoms with Gasteiger partial charge in [0.05, 0.1) is 17.9 Å². The zero-order valence-electron chi connectivity index (χ0n) is 18.4. The molecule has 31 heavy (non-hydrogen) atoms. The smallest absolute Gasteiger partial charge is 0.263 e. The van der Waals surface area contributed by atoms with Gasteiger partial charge in [0.15, 0.2) is 0 Å². The van der Waals surface area contributed by atoms with E-state index in [1.165, 1.54) is 21.3 Å². The van der Waals surface area contributed by atoms with E-state index >= 15 is 0 Å². The molecule has 1 amide bonds. The highest BCUT2D eigenvalue weighted by Gasteiger charge is 2.23. The first-order valence-corrected chi connectivity index (χ1v) is 11.5. The molecule has 7 heteroatoms. The van der Waals surface area contributed by atoms with Gasteiger partial charge in [-0.15, -0.1) is 11.3 Å². The van der Waals surface area contributed by atoms with Crippen molar-refractivity contribution in [2.45, 2.75) is 64.8 Å². The van der Waals surface area contributed by atoms with Crippen molar-refractivity contribution >= 4 is 33.7 Å². The van der Waals surface area contributed by atoms with Crippen LogP contribution in [0.3, 0.4) is 0 Å². The van der Waals surface area contributed by atoms with E-state index in [1.54, 1.807) is 24.5 Å². The molecule has 1 aliphatic carbocycles. The molecule has 0 saturated carbocycles. The third kappa shape index (κ3) is 4.32. The van der Waals surface area contributed by atoms with E-state index in [0.29, 0.717) is 5.39 Å². The van der Waals surface area contributed by atoms with Crippen LogP contribution >= 0.6 is 11.3 Å². The van der Waals surface area contributed by atoms with E-state index in [0.717, 1.165) is 41.6 Å². The van der Waals surface area contributed by atoms with Gasteiger partial charge in [-0.25, -0.2) is 10.4 Å². The summed E-state index contributed by atoms with van der Waals surface area (Å²) in [6, 6.07) is 7.37. The second kappa shape index (κ2) is 8.38. The lowest BCUT2D eigenvalue weighted by atomic mass is 9.87. The molecule has 1 atom stereocenters. The van der Waals surface area contributed by atoms with Crippen LogP contribution in [0, 0.1) is 0 Å². The first-order valence-electron chi connectivity index (χ1n) is 10.7. The van der Waals surface area contributed by atoms with E-state index in [2.05, 4.69) is 48.4 Å². The van der Waals surface area contributed by atoms with Gasteiger partial charge in [-0.3, -0.25) is 14.2 Å². The molecular formula is C24H28N4O2S. The molecule has 0 fully saturated rings. The van der Waals surface area contributed by atoms with Gasteiger partial charge in [-0.05, 0) is 54.7 Å². The highest BCUT2D eigenvalue weighted by atomic mass is 32.1. The standard InChI is InChI=1S/C24H28N4O2S/c1-15(21(29)27-26-13-16-9-11-17(12-10-16)24(2,3)4)28-14-25-22-20(23(28)30)18-7-5-6-8-19(18)31-22/h9-15H,5-8H2,1-4H3,(H,27,29). The first-order chi connectivity index (χ1) is 14.8. The number of carbonyl (C=O) groups is 1.